The summed E-state index contributed by atoms with van der Waals surface area (Å²) in [6.07, 6.45) is 3.29. The SMILES string of the molecule is CNCc1cc(Cl)cc(S(=O)(=O)NCCC2CC2)c1OC. The maximum atomic E-state index is 12.5. The minimum absolute atomic E-state index is 0.0959. The normalized spacial score (nSPS) is 15.2. The number of hydrogen-bond donors (Lipinski definition) is 2. The number of halogens is 1. The third-order valence-corrected chi connectivity index (χ3v) is 5.18. The molecule has 2 rings (SSSR count). The van der Waals surface area contributed by atoms with E-state index in [-0.39, 0.29) is 4.90 Å². The van der Waals surface area contributed by atoms with E-state index in [2.05, 4.69) is 10.0 Å². The van der Waals surface area contributed by atoms with Gasteiger partial charge >= 0.3 is 0 Å². The topological polar surface area (TPSA) is 67.4 Å². The van der Waals surface area contributed by atoms with Crippen LogP contribution in [0.2, 0.25) is 5.02 Å². The Morgan fingerprint density at radius 1 is 1.38 bits per heavy atom. The average molecular weight is 333 g/mol. The second kappa shape index (κ2) is 6.96. The van der Waals surface area contributed by atoms with Crippen LogP contribution in [0.4, 0.5) is 0 Å². The fraction of sp³-hybridized carbons (Fsp3) is 0.571. The molecule has 0 heterocycles. The molecule has 0 aliphatic heterocycles. The van der Waals surface area contributed by atoms with E-state index in [1.165, 1.54) is 26.0 Å². The minimum atomic E-state index is -3.62. The maximum Gasteiger partial charge on any atom is 0.244 e. The van der Waals surface area contributed by atoms with Gasteiger partial charge in [-0.3, -0.25) is 0 Å². The van der Waals surface area contributed by atoms with Crippen LogP contribution in [0.25, 0.3) is 0 Å². The van der Waals surface area contributed by atoms with Gasteiger partial charge in [-0.05, 0) is 31.5 Å². The zero-order valence-corrected chi connectivity index (χ0v) is 13.9. The van der Waals surface area contributed by atoms with Gasteiger partial charge in [-0.25, -0.2) is 13.1 Å². The largest absolute Gasteiger partial charge is 0.495 e. The molecule has 1 aromatic rings. The van der Waals surface area contributed by atoms with Crippen LogP contribution in [0.1, 0.15) is 24.8 Å². The fourth-order valence-electron chi connectivity index (χ4n) is 2.26. The summed E-state index contributed by atoms with van der Waals surface area (Å²) in [7, 11) is -0.377. The monoisotopic (exact) mass is 332 g/mol. The van der Waals surface area contributed by atoms with Crippen LogP contribution in [-0.4, -0.2) is 29.1 Å². The first-order valence-electron chi connectivity index (χ1n) is 6.98. The number of methoxy groups -OCH3 is 1. The van der Waals surface area contributed by atoms with Crippen LogP contribution in [0.3, 0.4) is 0 Å². The molecule has 0 radical (unpaired) electrons. The van der Waals surface area contributed by atoms with Crippen molar-refractivity contribution in [1.82, 2.24) is 10.0 Å². The molecule has 2 N–H and O–H groups in total. The Morgan fingerprint density at radius 2 is 2.10 bits per heavy atom. The van der Waals surface area contributed by atoms with Crippen LogP contribution < -0.4 is 14.8 Å². The van der Waals surface area contributed by atoms with Gasteiger partial charge in [0, 0.05) is 23.7 Å². The lowest BCUT2D eigenvalue weighted by molar-refractivity contribution is 0.396. The fourth-order valence-corrected chi connectivity index (χ4v) is 3.85. The first-order valence-corrected chi connectivity index (χ1v) is 8.84. The van der Waals surface area contributed by atoms with Crippen molar-refractivity contribution < 1.29 is 13.2 Å². The lowest BCUT2D eigenvalue weighted by atomic mass is 10.2. The second-order valence-electron chi connectivity index (χ2n) is 5.26. The highest BCUT2D eigenvalue weighted by molar-refractivity contribution is 7.89. The number of hydrogen-bond acceptors (Lipinski definition) is 4. The van der Waals surface area contributed by atoms with E-state index in [1.54, 1.807) is 13.1 Å². The summed E-state index contributed by atoms with van der Waals surface area (Å²) in [6, 6.07) is 3.14. The van der Waals surface area contributed by atoms with Crippen LogP contribution in [0.15, 0.2) is 17.0 Å². The summed E-state index contributed by atoms with van der Waals surface area (Å²) in [5.41, 5.74) is 0.718. The van der Waals surface area contributed by atoms with Gasteiger partial charge in [0.15, 0.2) is 0 Å². The smallest absolute Gasteiger partial charge is 0.244 e. The van der Waals surface area contributed by atoms with Gasteiger partial charge in [-0.2, -0.15) is 0 Å². The molecule has 1 fully saturated rings. The van der Waals surface area contributed by atoms with E-state index in [0.717, 1.165) is 12.0 Å². The molecular weight excluding hydrogens is 312 g/mol. The second-order valence-corrected chi connectivity index (χ2v) is 7.43. The van der Waals surface area contributed by atoms with E-state index in [0.29, 0.717) is 29.8 Å². The van der Waals surface area contributed by atoms with Crippen LogP contribution in [0.5, 0.6) is 5.75 Å². The van der Waals surface area contributed by atoms with Crippen molar-refractivity contribution in [3.63, 3.8) is 0 Å². The quantitative estimate of drug-likeness (QED) is 0.765. The van der Waals surface area contributed by atoms with Gasteiger partial charge in [0.1, 0.15) is 10.6 Å². The number of sulfonamides is 1. The summed E-state index contributed by atoms with van der Waals surface area (Å²) in [6.45, 7) is 0.929. The third-order valence-electron chi connectivity index (χ3n) is 3.50. The van der Waals surface area contributed by atoms with Crippen molar-refractivity contribution in [1.29, 1.82) is 0 Å². The van der Waals surface area contributed by atoms with E-state index in [1.807, 2.05) is 0 Å². The molecule has 0 bridgehead atoms. The minimum Gasteiger partial charge on any atom is -0.495 e. The molecule has 1 aliphatic carbocycles. The molecular formula is C14H21ClN2O3S. The highest BCUT2D eigenvalue weighted by Crippen LogP contribution is 2.33. The van der Waals surface area contributed by atoms with Gasteiger partial charge in [0.25, 0.3) is 0 Å². The van der Waals surface area contributed by atoms with Crippen molar-refractivity contribution in [3.8, 4) is 5.75 Å². The molecule has 7 heteroatoms. The Labute approximate surface area is 131 Å². The molecule has 0 spiro atoms. The standard InChI is InChI=1S/C14H21ClN2O3S/c1-16-9-11-7-12(15)8-13(14(11)20-2)21(18,19)17-6-5-10-3-4-10/h7-8,10,16-17H,3-6,9H2,1-2H3. The summed E-state index contributed by atoms with van der Waals surface area (Å²) < 4.78 is 32.8. The molecule has 0 saturated heterocycles. The number of rotatable bonds is 8. The lowest BCUT2D eigenvalue weighted by Gasteiger charge is -2.15. The van der Waals surface area contributed by atoms with Crippen LogP contribution >= 0.6 is 11.6 Å². The van der Waals surface area contributed by atoms with E-state index in [9.17, 15) is 8.42 Å². The van der Waals surface area contributed by atoms with Crippen molar-refractivity contribution in [3.05, 3.63) is 22.7 Å². The molecule has 1 aliphatic rings. The molecule has 1 aromatic carbocycles. The molecule has 1 saturated carbocycles. The lowest BCUT2D eigenvalue weighted by Crippen LogP contribution is -2.26. The molecule has 0 amide bonds. The Bertz CT molecular complexity index is 600. The number of ether oxygens (including phenoxy) is 1. The van der Waals surface area contributed by atoms with Gasteiger partial charge < -0.3 is 10.1 Å². The first-order chi connectivity index (χ1) is 9.97. The highest BCUT2D eigenvalue weighted by atomic mass is 35.5. The highest BCUT2D eigenvalue weighted by Gasteiger charge is 2.25. The summed E-state index contributed by atoms with van der Waals surface area (Å²) in [5, 5.41) is 3.36. The van der Waals surface area contributed by atoms with Gasteiger partial charge in [0.2, 0.25) is 10.0 Å². The zero-order valence-electron chi connectivity index (χ0n) is 12.3. The van der Waals surface area contributed by atoms with Crippen molar-refractivity contribution in [2.45, 2.75) is 30.7 Å². The molecule has 118 valence electrons. The predicted octanol–water partition coefficient (Wildman–Crippen LogP) is 2.15. The molecule has 21 heavy (non-hydrogen) atoms. The van der Waals surface area contributed by atoms with E-state index in [4.69, 9.17) is 16.3 Å². The Balaban J connectivity index is 2.26. The van der Waals surface area contributed by atoms with Gasteiger partial charge in [-0.15, -0.1) is 0 Å². The van der Waals surface area contributed by atoms with Crippen LogP contribution in [-0.2, 0) is 16.6 Å². The predicted molar refractivity (Wildman–Crippen MR) is 83.3 cm³/mol. The Morgan fingerprint density at radius 3 is 2.67 bits per heavy atom. The summed E-state index contributed by atoms with van der Waals surface area (Å²) >= 11 is 6.04. The third kappa shape index (κ3) is 4.32. The van der Waals surface area contributed by atoms with Crippen molar-refractivity contribution >= 4 is 21.6 Å². The van der Waals surface area contributed by atoms with Gasteiger partial charge in [-0.1, -0.05) is 24.4 Å². The zero-order chi connectivity index (χ0) is 15.5. The summed E-state index contributed by atoms with van der Waals surface area (Å²) in [4.78, 5) is 0.0959. The Hall–Kier alpha value is -0.820. The maximum absolute atomic E-state index is 12.5. The summed E-state index contributed by atoms with van der Waals surface area (Å²) in [5.74, 6) is 1.02. The molecule has 0 unspecified atom stereocenters. The average Bonchev–Trinajstić information content (AvgIpc) is 3.22. The molecule has 0 atom stereocenters. The first kappa shape index (κ1) is 16.5. The van der Waals surface area contributed by atoms with E-state index >= 15 is 0 Å². The van der Waals surface area contributed by atoms with E-state index < -0.39 is 10.0 Å². The van der Waals surface area contributed by atoms with Crippen molar-refractivity contribution in [2.24, 2.45) is 5.92 Å². The number of nitrogens with one attached hydrogen (secondary N) is 2. The van der Waals surface area contributed by atoms with Crippen LogP contribution in [0, 0.1) is 5.92 Å². The molecule has 5 nitrogen and oxygen atoms in total. The Kier molecular flexibility index (Phi) is 5.48. The molecule has 0 aromatic heterocycles. The van der Waals surface area contributed by atoms with Crippen molar-refractivity contribution in [2.75, 3.05) is 20.7 Å². The number of benzene rings is 1. The van der Waals surface area contributed by atoms with Gasteiger partial charge in [0.05, 0.1) is 7.11 Å².